The van der Waals surface area contributed by atoms with Crippen molar-refractivity contribution in [2.75, 3.05) is 0 Å². The lowest BCUT2D eigenvalue weighted by Gasteiger charge is -2.20. The summed E-state index contributed by atoms with van der Waals surface area (Å²) in [4.78, 5) is 18.1. The van der Waals surface area contributed by atoms with E-state index in [9.17, 15) is 9.90 Å². The molecule has 2 N–H and O–H groups in total. The molecule has 2 rings (SSSR count). The van der Waals surface area contributed by atoms with E-state index < -0.39 is 0 Å². The Morgan fingerprint density at radius 2 is 2.12 bits per heavy atom. The van der Waals surface area contributed by atoms with E-state index in [1.165, 1.54) is 32.1 Å². The first-order chi connectivity index (χ1) is 8.16. The Morgan fingerprint density at radius 3 is 2.76 bits per heavy atom. The molecule has 1 saturated carbocycles. The number of halogens is 1. The first-order valence-electron chi connectivity index (χ1n) is 5.76. The van der Waals surface area contributed by atoms with Gasteiger partial charge in [-0.15, -0.1) is 0 Å². The van der Waals surface area contributed by atoms with Crippen molar-refractivity contribution in [2.45, 2.75) is 43.1 Å². The number of aromatic hydroxyl groups is 1. The molecule has 6 heteroatoms. The fraction of sp³-hybridized carbons (Fsp3) is 0.636. The number of nitrogens with one attached hydrogen (secondary N) is 1. The van der Waals surface area contributed by atoms with Crippen LogP contribution in [0.4, 0.5) is 0 Å². The Labute approximate surface area is 118 Å². The molecule has 94 valence electrons. The number of H-pyrrole nitrogens is 1. The zero-order valence-electron chi connectivity index (χ0n) is 9.41. The highest BCUT2D eigenvalue weighted by Gasteiger charge is 2.15. The maximum Gasteiger partial charge on any atom is 0.268 e. The van der Waals surface area contributed by atoms with Crippen LogP contribution in [0.1, 0.15) is 37.9 Å². The fourth-order valence-corrected chi connectivity index (χ4v) is 3.44. The van der Waals surface area contributed by atoms with Crippen LogP contribution in [0.2, 0.25) is 0 Å². The molecule has 1 aromatic rings. The second kappa shape index (κ2) is 6.08. The smallest absolute Gasteiger partial charge is 0.268 e. The lowest BCUT2D eigenvalue weighted by atomic mass is 10.0. The van der Waals surface area contributed by atoms with Gasteiger partial charge in [-0.1, -0.05) is 19.3 Å². The molecular weight excluding hydrogens is 351 g/mol. The van der Waals surface area contributed by atoms with E-state index in [4.69, 9.17) is 0 Å². The van der Waals surface area contributed by atoms with E-state index in [0.717, 1.165) is 0 Å². The number of rotatable bonds is 3. The molecule has 4 nitrogen and oxygen atoms in total. The Bertz CT molecular complexity index is 444. The summed E-state index contributed by atoms with van der Waals surface area (Å²) in [5.74, 6) is 1.08. The van der Waals surface area contributed by atoms with Crippen molar-refractivity contribution >= 4 is 34.4 Å². The van der Waals surface area contributed by atoms with Crippen LogP contribution in [0.3, 0.4) is 0 Å². The lowest BCUT2D eigenvalue weighted by Crippen LogP contribution is -2.15. The summed E-state index contributed by atoms with van der Waals surface area (Å²) >= 11 is 3.62. The van der Waals surface area contributed by atoms with Gasteiger partial charge in [0.15, 0.2) is 0 Å². The topological polar surface area (TPSA) is 66.0 Å². The molecule has 0 amide bonds. The maximum absolute atomic E-state index is 11.4. The van der Waals surface area contributed by atoms with Gasteiger partial charge in [-0.2, -0.15) is 16.7 Å². The van der Waals surface area contributed by atoms with Gasteiger partial charge in [-0.05, 0) is 35.4 Å². The molecule has 0 spiro atoms. The van der Waals surface area contributed by atoms with Crippen LogP contribution in [0.15, 0.2) is 4.79 Å². The fourth-order valence-electron chi connectivity index (χ4n) is 1.99. The van der Waals surface area contributed by atoms with Gasteiger partial charge < -0.3 is 10.1 Å². The number of nitrogens with zero attached hydrogens (tertiary/aromatic N) is 1. The van der Waals surface area contributed by atoms with E-state index in [1.54, 1.807) is 22.6 Å². The predicted molar refractivity (Wildman–Crippen MR) is 77.4 cm³/mol. The molecule has 0 atom stereocenters. The minimum Gasteiger partial charge on any atom is -0.492 e. The van der Waals surface area contributed by atoms with Crippen LogP contribution < -0.4 is 5.56 Å². The van der Waals surface area contributed by atoms with Crippen LogP contribution in [0.5, 0.6) is 5.88 Å². The van der Waals surface area contributed by atoms with Gasteiger partial charge in [-0.25, -0.2) is 0 Å². The van der Waals surface area contributed by atoms with Crippen molar-refractivity contribution in [2.24, 2.45) is 0 Å². The van der Waals surface area contributed by atoms with Crippen LogP contribution in [0, 0.1) is 3.57 Å². The molecule has 1 fully saturated rings. The monoisotopic (exact) mass is 366 g/mol. The third-order valence-corrected chi connectivity index (χ3v) is 5.26. The molecular formula is C11H15IN2O2S. The highest BCUT2D eigenvalue weighted by atomic mass is 127. The van der Waals surface area contributed by atoms with Crippen LogP contribution >= 0.6 is 34.4 Å². The molecule has 0 bridgehead atoms. The standard InChI is InChI=1S/C11H15IN2O2S/c12-9-10(15)13-8(14-11(9)16)6-17-7-4-2-1-3-5-7/h7H,1-6H2,(H2,13,14,15,16). The lowest BCUT2D eigenvalue weighted by molar-refractivity contribution is 0.444. The molecule has 1 heterocycles. The van der Waals surface area contributed by atoms with Gasteiger partial charge in [0, 0.05) is 5.25 Å². The number of aromatic amines is 1. The van der Waals surface area contributed by atoms with Gasteiger partial charge in [0.1, 0.15) is 9.39 Å². The summed E-state index contributed by atoms with van der Waals surface area (Å²) in [5, 5.41) is 10.1. The van der Waals surface area contributed by atoms with Crippen molar-refractivity contribution in [3.05, 3.63) is 19.7 Å². The zero-order valence-corrected chi connectivity index (χ0v) is 12.4. The van der Waals surface area contributed by atoms with Crippen molar-refractivity contribution < 1.29 is 5.11 Å². The normalized spacial score (nSPS) is 17.2. The minimum atomic E-state index is -0.252. The summed E-state index contributed by atoms with van der Waals surface area (Å²) in [5.41, 5.74) is -0.252. The average molecular weight is 366 g/mol. The van der Waals surface area contributed by atoms with Crippen LogP contribution in [-0.4, -0.2) is 20.3 Å². The number of hydrogen-bond donors (Lipinski definition) is 2. The molecule has 1 aliphatic carbocycles. The maximum atomic E-state index is 11.4. The van der Waals surface area contributed by atoms with E-state index >= 15 is 0 Å². The van der Waals surface area contributed by atoms with Gasteiger partial charge in [0.25, 0.3) is 5.56 Å². The third kappa shape index (κ3) is 3.61. The quantitative estimate of drug-likeness (QED) is 0.808. The SMILES string of the molecule is O=c1[nH]c(CSC2CCCCC2)nc(O)c1I. The second-order valence-electron chi connectivity index (χ2n) is 4.22. The first kappa shape index (κ1) is 13.2. The van der Waals surface area contributed by atoms with Crippen molar-refractivity contribution in [1.82, 2.24) is 9.97 Å². The number of aromatic nitrogens is 2. The average Bonchev–Trinajstić information content (AvgIpc) is 2.34. The summed E-state index contributed by atoms with van der Waals surface area (Å²) in [6, 6.07) is 0. The third-order valence-electron chi connectivity index (χ3n) is 2.90. The molecule has 0 aliphatic heterocycles. The van der Waals surface area contributed by atoms with Crippen molar-refractivity contribution in [3.63, 3.8) is 0 Å². The molecule has 0 unspecified atom stereocenters. The molecule has 17 heavy (non-hydrogen) atoms. The number of hydrogen-bond acceptors (Lipinski definition) is 4. The Morgan fingerprint density at radius 1 is 1.41 bits per heavy atom. The highest BCUT2D eigenvalue weighted by molar-refractivity contribution is 14.1. The largest absolute Gasteiger partial charge is 0.492 e. The van der Waals surface area contributed by atoms with Crippen molar-refractivity contribution in [1.29, 1.82) is 0 Å². The minimum absolute atomic E-state index is 0.159. The number of thioether (sulfide) groups is 1. The second-order valence-corrected chi connectivity index (χ2v) is 6.59. The van der Waals surface area contributed by atoms with Gasteiger partial charge in [0.2, 0.25) is 5.88 Å². The Kier molecular flexibility index (Phi) is 4.72. The van der Waals surface area contributed by atoms with E-state index in [1.807, 2.05) is 11.8 Å². The Balaban J connectivity index is 1.96. The van der Waals surface area contributed by atoms with E-state index in [0.29, 0.717) is 16.8 Å². The van der Waals surface area contributed by atoms with Gasteiger partial charge >= 0.3 is 0 Å². The van der Waals surface area contributed by atoms with Crippen LogP contribution in [-0.2, 0) is 5.75 Å². The molecule has 1 aliphatic rings. The van der Waals surface area contributed by atoms with E-state index in [-0.39, 0.29) is 15.0 Å². The summed E-state index contributed by atoms with van der Waals surface area (Å²) in [6.07, 6.45) is 6.46. The summed E-state index contributed by atoms with van der Waals surface area (Å²) < 4.78 is 0.258. The zero-order chi connectivity index (χ0) is 12.3. The summed E-state index contributed by atoms with van der Waals surface area (Å²) in [6.45, 7) is 0. The van der Waals surface area contributed by atoms with Gasteiger partial charge in [-0.3, -0.25) is 4.79 Å². The molecule has 0 aromatic carbocycles. The highest BCUT2D eigenvalue weighted by Crippen LogP contribution is 2.29. The Hall–Kier alpha value is -0.240. The molecule has 0 saturated heterocycles. The van der Waals surface area contributed by atoms with E-state index in [2.05, 4.69) is 9.97 Å². The molecule has 1 aromatic heterocycles. The van der Waals surface area contributed by atoms with Crippen LogP contribution in [0.25, 0.3) is 0 Å². The first-order valence-corrected chi connectivity index (χ1v) is 7.89. The molecule has 0 radical (unpaired) electrons. The predicted octanol–water partition coefficient (Wildman–Crippen LogP) is 2.65. The summed E-state index contributed by atoms with van der Waals surface area (Å²) in [7, 11) is 0. The van der Waals surface area contributed by atoms with Gasteiger partial charge in [0.05, 0.1) is 5.75 Å². The van der Waals surface area contributed by atoms with Crippen molar-refractivity contribution in [3.8, 4) is 5.88 Å².